The van der Waals surface area contributed by atoms with Crippen molar-refractivity contribution in [1.82, 2.24) is 9.80 Å². The number of nitrogens with zero attached hydrogens (tertiary/aromatic N) is 2. The summed E-state index contributed by atoms with van der Waals surface area (Å²) >= 11 is 0. The number of hydrogen-bond acceptors (Lipinski definition) is 3. The Balaban J connectivity index is 1.63. The first-order valence-electron chi connectivity index (χ1n) is 8.88. The zero-order valence-corrected chi connectivity index (χ0v) is 14.3. The lowest BCUT2D eigenvalue weighted by atomic mass is 9.99. The molecule has 0 radical (unpaired) electrons. The summed E-state index contributed by atoms with van der Waals surface area (Å²) in [6, 6.07) is 9.77. The van der Waals surface area contributed by atoms with Crippen LogP contribution in [0.4, 0.5) is 0 Å². The molecule has 2 amide bonds. The van der Waals surface area contributed by atoms with E-state index in [0.717, 1.165) is 18.4 Å². The van der Waals surface area contributed by atoms with E-state index in [1.165, 1.54) is 0 Å². The molecule has 0 spiro atoms. The van der Waals surface area contributed by atoms with E-state index in [1.54, 1.807) is 0 Å². The molecule has 0 bridgehead atoms. The van der Waals surface area contributed by atoms with Gasteiger partial charge < -0.3 is 14.5 Å². The molecule has 2 heterocycles. The maximum Gasteiger partial charge on any atom is 0.245 e. The summed E-state index contributed by atoms with van der Waals surface area (Å²) in [5.41, 5.74) is 1.16. The van der Waals surface area contributed by atoms with Crippen LogP contribution in [-0.4, -0.2) is 60.5 Å². The van der Waals surface area contributed by atoms with Crippen LogP contribution in [0.3, 0.4) is 0 Å². The molecule has 2 aliphatic heterocycles. The van der Waals surface area contributed by atoms with Crippen LogP contribution in [0.25, 0.3) is 0 Å². The maximum absolute atomic E-state index is 12.9. The van der Waals surface area contributed by atoms with Crippen molar-refractivity contribution < 1.29 is 14.3 Å². The zero-order valence-electron chi connectivity index (χ0n) is 14.3. The lowest BCUT2D eigenvalue weighted by Gasteiger charge is -2.33. The quantitative estimate of drug-likeness (QED) is 0.844. The Bertz CT molecular complexity index is 569. The van der Waals surface area contributed by atoms with Gasteiger partial charge in [-0.15, -0.1) is 0 Å². The van der Waals surface area contributed by atoms with Crippen LogP contribution in [0.15, 0.2) is 30.3 Å². The molecule has 0 aliphatic carbocycles. The van der Waals surface area contributed by atoms with Crippen molar-refractivity contribution in [3.8, 4) is 0 Å². The third-order valence-corrected chi connectivity index (χ3v) is 4.95. The van der Waals surface area contributed by atoms with Gasteiger partial charge in [0.1, 0.15) is 6.04 Å². The third kappa shape index (κ3) is 3.78. The molecule has 2 fully saturated rings. The molecule has 130 valence electrons. The van der Waals surface area contributed by atoms with Crippen LogP contribution in [0.1, 0.15) is 25.3 Å². The predicted octanol–water partition coefficient (Wildman–Crippen LogP) is 1.71. The van der Waals surface area contributed by atoms with E-state index in [-0.39, 0.29) is 23.8 Å². The molecule has 1 aromatic rings. The van der Waals surface area contributed by atoms with E-state index >= 15 is 0 Å². The number of rotatable bonds is 4. The molecule has 0 saturated carbocycles. The van der Waals surface area contributed by atoms with Crippen molar-refractivity contribution in [3.05, 3.63) is 35.9 Å². The van der Waals surface area contributed by atoms with Gasteiger partial charge in [0.15, 0.2) is 0 Å². The first-order chi connectivity index (χ1) is 11.7. The number of ether oxygens (including phenoxy) is 1. The van der Waals surface area contributed by atoms with Crippen LogP contribution >= 0.6 is 0 Å². The SMILES string of the molecule is CC(Cc1ccccc1)C(=O)N1CCC[C@H]1C(=O)N1CCOCC1. The van der Waals surface area contributed by atoms with Crippen molar-refractivity contribution in [1.29, 1.82) is 0 Å². The minimum absolute atomic E-state index is 0.0936. The highest BCUT2D eigenvalue weighted by molar-refractivity contribution is 5.89. The molecular formula is C19H26N2O3. The van der Waals surface area contributed by atoms with Gasteiger partial charge >= 0.3 is 0 Å². The topological polar surface area (TPSA) is 49.9 Å². The van der Waals surface area contributed by atoms with Crippen molar-refractivity contribution in [3.63, 3.8) is 0 Å². The lowest BCUT2D eigenvalue weighted by Crippen LogP contribution is -2.52. The summed E-state index contributed by atoms with van der Waals surface area (Å²) in [6.45, 7) is 5.12. The number of amides is 2. The summed E-state index contributed by atoms with van der Waals surface area (Å²) in [5, 5.41) is 0. The Hall–Kier alpha value is -1.88. The summed E-state index contributed by atoms with van der Waals surface area (Å²) in [5.74, 6) is 0.0875. The van der Waals surface area contributed by atoms with Crippen molar-refractivity contribution in [2.24, 2.45) is 5.92 Å². The molecule has 2 atom stereocenters. The fraction of sp³-hybridized carbons (Fsp3) is 0.579. The van der Waals surface area contributed by atoms with Gasteiger partial charge in [-0.2, -0.15) is 0 Å². The molecule has 1 unspecified atom stereocenters. The molecule has 0 aromatic heterocycles. The second-order valence-electron chi connectivity index (χ2n) is 6.72. The van der Waals surface area contributed by atoms with Crippen LogP contribution in [0.2, 0.25) is 0 Å². The van der Waals surface area contributed by atoms with Gasteiger partial charge in [-0.1, -0.05) is 37.3 Å². The molecule has 5 heteroatoms. The number of carbonyl (C=O) groups excluding carboxylic acids is 2. The van der Waals surface area contributed by atoms with Gasteiger partial charge in [0, 0.05) is 25.6 Å². The van der Waals surface area contributed by atoms with Gasteiger partial charge in [-0.3, -0.25) is 9.59 Å². The summed E-state index contributed by atoms with van der Waals surface area (Å²) < 4.78 is 5.32. The Labute approximate surface area is 143 Å². The van der Waals surface area contributed by atoms with E-state index < -0.39 is 0 Å². The first kappa shape index (κ1) is 17.0. The molecule has 2 aliphatic rings. The summed E-state index contributed by atoms with van der Waals surface area (Å²) in [6.07, 6.45) is 2.40. The number of benzene rings is 1. The molecule has 24 heavy (non-hydrogen) atoms. The third-order valence-electron chi connectivity index (χ3n) is 4.95. The Kier molecular flexibility index (Phi) is 5.51. The Morgan fingerprint density at radius 1 is 1.17 bits per heavy atom. The minimum atomic E-state index is -0.283. The standard InChI is InChI=1S/C19H26N2O3/c1-15(14-16-6-3-2-4-7-16)18(22)21-9-5-8-17(21)19(23)20-10-12-24-13-11-20/h2-4,6-7,15,17H,5,8-14H2,1H3/t15?,17-/m0/s1. The lowest BCUT2D eigenvalue weighted by molar-refractivity contribution is -0.148. The monoisotopic (exact) mass is 330 g/mol. The number of carbonyl (C=O) groups is 2. The van der Waals surface area contributed by atoms with E-state index in [0.29, 0.717) is 39.3 Å². The number of morpholine rings is 1. The normalized spacial score (nSPS) is 22.5. The van der Waals surface area contributed by atoms with Crippen LogP contribution in [0, 0.1) is 5.92 Å². The Morgan fingerprint density at radius 2 is 1.88 bits per heavy atom. The fourth-order valence-electron chi connectivity index (χ4n) is 3.62. The number of likely N-dealkylation sites (tertiary alicyclic amines) is 1. The molecular weight excluding hydrogens is 304 g/mol. The first-order valence-corrected chi connectivity index (χ1v) is 8.88. The zero-order chi connectivity index (χ0) is 16.9. The largest absolute Gasteiger partial charge is 0.378 e. The summed E-state index contributed by atoms with van der Waals surface area (Å²) in [4.78, 5) is 29.3. The molecule has 0 N–H and O–H groups in total. The van der Waals surface area contributed by atoms with Crippen molar-refractivity contribution >= 4 is 11.8 Å². The highest BCUT2D eigenvalue weighted by Gasteiger charge is 2.38. The van der Waals surface area contributed by atoms with Crippen LogP contribution in [0.5, 0.6) is 0 Å². The van der Waals surface area contributed by atoms with Gasteiger partial charge in [-0.05, 0) is 24.8 Å². The average Bonchev–Trinajstić information content (AvgIpc) is 3.11. The van der Waals surface area contributed by atoms with Crippen LogP contribution < -0.4 is 0 Å². The summed E-state index contributed by atoms with van der Waals surface area (Å²) in [7, 11) is 0. The minimum Gasteiger partial charge on any atom is -0.378 e. The van der Waals surface area contributed by atoms with E-state index in [1.807, 2.05) is 47.1 Å². The second kappa shape index (κ2) is 7.79. The average molecular weight is 330 g/mol. The van der Waals surface area contributed by atoms with E-state index in [4.69, 9.17) is 4.74 Å². The van der Waals surface area contributed by atoms with Gasteiger partial charge in [0.25, 0.3) is 0 Å². The smallest absolute Gasteiger partial charge is 0.245 e. The van der Waals surface area contributed by atoms with Gasteiger partial charge in [0.2, 0.25) is 11.8 Å². The molecule has 2 saturated heterocycles. The maximum atomic E-state index is 12.9. The Morgan fingerprint density at radius 3 is 2.58 bits per heavy atom. The molecule has 3 rings (SSSR count). The van der Waals surface area contributed by atoms with Crippen LogP contribution in [-0.2, 0) is 20.7 Å². The van der Waals surface area contributed by atoms with Crippen molar-refractivity contribution in [2.75, 3.05) is 32.8 Å². The highest BCUT2D eigenvalue weighted by atomic mass is 16.5. The number of hydrogen-bond donors (Lipinski definition) is 0. The highest BCUT2D eigenvalue weighted by Crippen LogP contribution is 2.23. The van der Waals surface area contributed by atoms with Gasteiger partial charge in [-0.25, -0.2) is 0 Å². The molecule has 1 aromatic carbocycles. The van der Waals surface area contributed by atoms with E-state index in [2.05, 4.69) is 0 Å². The second-order valence-corrected chi connectivity index (χ2v) is 6.72. The molecule has 5 nitrogen and oxygen atoms in total. The van der Waals surface area contributed by atoms with Crippen molar-refractivity contribution in [2.45, 2.75) is 32.2 Å². The van der Waals surface area contributed by atoms with Gasteiger partial charge in [0.05, 0.1) is 13.2 Å². The van der Waals surface area contributed by atoms with E-state index in [9.17, 15) is 9.59 Å². The fourth-order valence-corrected chi connectivity index (χ4v) is 3.62. The predicted molar refractivity (Wildman–Crippen MR) is 91.4 cm³/mol.